The predicted molar refractivity (Wildman–Crippen MR) is 211 cm³/mol. The number of thioether (sulfide) groups is 1. The Morgan fingerprint density at radius 2 is 1.48 bits per heavy atom. The number of rotatable bonds is 18. The molecule has 0 radical (unpaired) electrons. The zero-order chi connectivity index (χ0) is 38.1. The van der Waals surface area contributed by atoms with Crippen LogP contribution in [0.15, 0.2) is 102 Å². The molecule has 10 heteroatoms. The lowest BCUT2D eigenvalue weighted by Gasteiger charge is -2.32. The van der Waals surface area contributed by atoms with Crippen LogP contribution in [0.4, 0.5) is 17.1 Å². The van der Waals surface area contributed by atoms with Crippen molar-refractivity contribution in [2.45, 2.75) is 101 Å². The number of carbonyl (C=O) groups is 2. The number of nitro groups is 1. The van der Waals surface area contributed by atoms with E-state index in [1.165, 1.54) is 30.9 Å². The Morgan fingerprint density at radius 1 is 0.827 bits per heavy atom. The molecule has 0 bridgehead atoms. The molecule has 2 unspecified atom stereocenters. The van der Waals surface area contributed by atoms with Gasteiger partial charge in [-0.05, 0) is 65.6 Å². The second-order valence-electron chi connectivity index (χ2n) is 14.1. The van der Waals surface area contributed by atoms with Crippen LogP contribution < -0.4 is 15.4 Å². The van der Waals surface area contributed by atoms with Crippen molar-refractivity contribution < 1.29 is 24.0 Å². The molecule has 0 heterocycles. The second kappa shape index (κ2) is 17.2. The molecule has 9 nitrogen and oxygen atoms in total. The Balaban J connectivity index is 1.72. The third kappa shape index (κ3) is 9.21. The Morgan fingerprint density at radius 3 is 2.12 bits per heavy atom. The van der Waals surface area contributed by atoms with Gasteiger partial charge in [0, 0.05) is 42.1 Å². The number of nitro benzene ring substituents is 1. The van der Waals surface area contributed by atoms with Gasteiger partial charge in [-0.2, -0.15) is 0 Å². The molecule has 0 saturated heterocycles. The number of nitrogens with zero attached hydrogens (tertiary/aromatic N) is 1. The van der Waals surface area contributed by atoms with Crippen molar-refractivity contribution in [3.63, 3.8) is 0 Å². The highest BCUT2D eigenvalue weighted by atomic mass is 32.2. The fraction of sp³-hybridized carbons (Fsp3) is 0.381. The van der Waals surface area contributed by atoms with E-state index >= 15 is 0 Å². The number of ether oxygens (including phenoxy) is 2. The lowest BCUT2D eigenvalue weighted by atomic mass is 9.76. The van der Waals surface area contributed by atoms with E-state index in [0.717, 1.165) is 30.6 Å². The number of hydrogen-bond donors (Lipinski definition) is 2. The van der Waals surface area contributed by atoms with Gasteiger partial charge in [-0.15, -0.1) is 0 Å². The van der Waals surface area contributed by atoms with E-state index in [1.807, 2.05) is 6.07 Å². The molecular weight excluding hydrogens is 675 g/mol. The van der Waals surface area contributed by atoms with E-state index in [0.29, 0.717) is 29.6 Å². The number of anilines is 2. The third-order valence-electron chi connectivity index (χ3n) is 9.76. The first-order valence-corrected chi connectivity index (χ1v) is 18.6. The van der Waals surface area contributed by atoms with Gasteiger partial charge in [0.1, 0.15) is 5.75 Å². The number of amides is 1. The Bertz CT molecular complexity index is 1860. The normalized spacial score (nSPS) is 13.5. The summed E-state index contributed by atoms with van der Waals surface area (Å²) >= 11 is 0.691. The maximum Gasteiger partial charge on any atom is 0.283 e. The smallest absolute Gasteiger partial charge is 0.283 e. The van der Waals surface area contributed by atoms with Gasteiger partial charge >= 0.3 is 0 Å². The molecule has 4 rings (SSSR count). The molecule has 0 aliphatic carbocycles. The fourth-order valence-electron chi connectivity index (χ4n) is 5.69. The van der Waals surface area contributed by atoms with E-state index in [9.17, 15) is 19.7 Å². The number of methoxy groups -OCH3 is 1. The molecule has 0 aromatic heterocycles. The number of ketones is 1. The minimum Gasteiger partial charge on any atom is -0.470 e. The summed E-state index contributed by atoms with van der Waals surface area (Å²) < 4.78 is 12.5. The maximum absolute atomic E-state index is 14.6. The number of Topliss-reactive ketones (excluding diaryl/α,β-unsaturated/α-hetero) is 1. The molecule has 1 amide bonds. The standard InChI is InChI=1S/C42H51N3O6S/c1-9-18-37(51-35-26-25-30(40(4,5)10-2)28-33(35)41(6,7)11-3)43-32-22-17-19-29(27-32)38(46)42(50-8,39(47)44-31-20-13-12-14-21-31)52-36-24-16-15-23-34(36)45(48)49/h12-17,19-28,37,43H,9-11,18H2,1-8H3,(H,44,47). The van der Waals surface area contributed by atoms with Crippen LogP contribution in [0.5, 0.6) is 5.75 Å². The molecule has 2 atom stereocenters. The van der Waals surface area contributed by atoms with Crippen LogP contribution in [0.2, 0.25) is 0 Å². The van der Waals surface area contributed by atoms with Crippen LogP contribution in [-0.4, -0.2) is 34.9 Å². The highest BCUT2D eigenvalue weighted by molar-refractivity contribution is 8.02. The van der Waals surface area contributed by atoms with Crippen molar-refractivity contribution in [1.29, 1.82) is 0 Å². The molecule has 0 aliphatic heterocycles. The topological polar surface area (TPSA) is 120 Å². The van der Waals surface area contributed by atoms with E-state index < -0.39 is 27.8 Å². The maximum atomic E-state index is 14.6. The summed E-state index contributed by atoms with van der Waals surface area (Å²) in [5.41, 5.74) is 3.27. The Kier molecular flexibility index (Phi) is 13.3. The van der Waals surface area contributed by atoms with Crippen LogP contribution in [0.25, 0.3) is 0 Å². The van der Waals surface area contributed by atoms with Gasteiger partial charge in [-0.3, -0.25) is 19.7 Å². The zero-order valence-corrected chi connectivity index (χ0v) is 32.3. The molecule has 4 aromatic carbocycles. The van der Waals surface area contributed by atoms with Gasteiger partial charge < -0.3 is 20.1 Å². The van der Waals surface area contributed by atoms with Crippen LogP contribution in [0.3, 0.4) is 0 Å². The summed E-state index contributed by atoms with van der Waals surface area (Å²) in [5.74, 6) is -0.650. The monoisotopic (exact) mass is 725 g/mol. The lowest BCUT2D eigenvalue weighted by molar-refractivity contribution is -0.387. The summed E-state index contributed by atoms with van der Waals surface area (Å²) in [6.45, 7) is 15.4. The minimum absolute atomic E-state index is 0.0181. The molecule has 2 N–H and O–H groups in total. The zero-order valence-electron chi connectivity index (χ0n) is 31.4. The van der Waals surface area contributed by atoms with E-state index in [-0.39, 0.29) is 27.0 Å². The summed E-state index contributed by atoms with van der Waals surface area (Å²) in [7, 11) is 1.25. The minimum atomic E-state index is -2.21. The van der Waals surface area contributed by atoms with Gasteiger partial charge in [0.05, 0.1) is 9.82 Å². The largest absolute Gasteiger partial charge is 0.470 e. The van der Waals surface area contributed by atoms with Gasteiger partial charge in [0.25, 0.3) is 16.5 Å². The van der Waals surface area contributed by atoms with Gasteiger partial charge in [-0.25, -0.2) is 0 Å². The summed E-state index contributed by atoms with van der Waals surface area (Å²) in [4.78, 5) is 37.9. The van der Waals surface area contributed by atoms with E-state index in [1.54, 1.807) is 54.6 Å². The van der Waals surface area contributed by atoms with Gasteiger partial charge in [-0.1, -0.05) is 121 Å². The van der Waals surface area contributed by atoms with Crippen LogP contribution in [0.1, 0.15) is 95.6 Å². The predicted octanol–water partition coefficient (Wildman–Crippen LogP) is 10.5. The molecule has 0 saturated carbocycles. The number of carbonyl (C=O) groups excluding carboxylic acids is 2. The highest BCUT2D eigenvalue weighted by Gasteiger charge is 2.49. The highest BCUT2D eigenvalue weighted by Crippen LogP contribution is 2.42. The SMILES string of the molecule is CCCC(Nc1cccc(C(=O)C(OC)(Sc2ccccc2[N+](=O)[O-])C(=O)Nc2ccccc2)c1)Oc1ccc(C(C)(C)CC)cc1C(C)(C)CC. The molecule has 276 valence electrons. The number of nitrogens with one attached hydrogen (secondary N) is 2. The summed E-state index contributed by atoms with van der Waals surface area (Å²) in [6.07, 6.45) is 3.03. The molecule has 4 aromatic rings. The first-order valence-electron chi connectivity index (χ1n) is 17.8. The number of benzene rings is 4. The first-order chi connectivity index (χ1) is 24.7. The average Bonchev–Trinajstić information content (AvgIpc) is 3.14. The molecule has 0 aliphatic rings. The summed E-state index contributed by atoms with van der Waals surface area (Å²) in [6, 6.07) is 27.9. The van der Waals surface area contributed by atoms with Crippen molar-refractivity contribution >= 4 is 40.5 Å². The number of para-hydroxylation sites is 2. The van der Waals surface area contributed by atoms with E-state index in [2.05, 4.69) is 77.3 Å². The quantitative estimate of drug-likeness (QED) is 0.0260. The first kappa shape index (κ1) is 40.1. The van der Waals surface area contributed by atoms with Crippen LogP contribution in [-0.2, 0) is 20.4 Å². The van der Waals surface area contributed by atoms with Crippen molar-refractivity contribution in [2.75, 3.05) is 17.7 Å². The fourth-order valence-corrected chi connectivity index (χ4v) is 6.83. The average molecular weight is 726 g/mol. The third-order valence-corrected chi connectivity index (χ3v) is 11.2. The Hall–Kier alpha value is -4.67. The van der Waals surface area contributed by atoms with Crippen LogP contribution in [0, 0.1) is 10.1 Å². The van der Waals surface area contributed by atoms with Crippen molar-refractivity contribution in [1.82, 2.24) is 0 Å². The van der Waals surface area contributed by atoms with Crippen LogP contribution >= 0.6 is 11.8 Å². The molecule has 0 spiro atoms. The van der Waals surface area contributed by atoms with E-state index in [4.69, 9.17) is 9.47 Å². The number of hydrogen-bond acceptors (Lipinski definition) is 8. The lowest BCUT2D eigenvalue weighted by Crippen LogP contribution is -2.48. The summed E-state index contributed by atoms with van der Waals surface area (Å²) in [5, 5.41) is 18.2. The molecule has 52 heavy (non-hydrogen) atoms. The van der Waals surface area contributed by atoms with Crippen molar-refractivity contribution in [3.8, 4) is 5.75 Å². The van der Waals surface area contributed by atoms with Gasteiger partial charge in [0.2, 0.25) is 5.78 Å². The van der Waals surface area contributed by atoms with Crippen molar-refractivity contribution in [2.24, 2.45) is 0 Å². The molecular formula is C42H51N3O6S. The van der Waals surface area contributed by atoms with Crippen molar-refractivity contribution in [3.05, 3.63) is 124 Å². The Labute approximate surface area is 312 Å². The van der Waals surface area contributed by atoms with Gasteiger partial charge in [0.15, 0.2) is 6.23 Å². The second-order valence-corrected chi connectivity index (χ2v) is 15.3. The molecule has 0 fully saturated rings.